The molecule has 0 unspecified atom stereocenters. The minimum absolute atomic E-state index is 0.571. The molecule has 0 amide bonds. The molecule has 26 heavy (non-hydrogen) atoms. The number of para-hydroxylation sites is 1. The number of nitrogens with zero attached hydrogens (tertiary/aromatic N) is 1. The van der Waals surface area contributed by atoms with Gasteiger partial charge in [-0.2, -0.15) is 0 Å². The van der Waals surface area contributed by atoms with E-state index in [9.17, 15) is 0 Å². The van der Waals surface area contributed by atoms with Crippen LogP contribution < -0.4 is 10.1 Å². The summed E-state index contributed by atoms with van der Waals surface area (Å²) < 4.78 is 5.67. The minimum atomic E-state index is 0.571. The topological polar surface area (TPSA) is 34.1 Å². The van der Waals surface area contributed by atoms with Crippen LogP contribution >= 0.6 is 11.6 Å². The van der Waals surface area contributed by atoms with E-state index in [1.807, 2.05) is 49.5 Å². The SMILES string of the molecule is CCOc1ccccc1CNCCc1cc(-c2ccccc2)cnc1Cl. The van der Waals surface area contributed by atoms with E-state index < -0.39 is 0 Å². The van der Waals surface area contributed by atoms with E-state index in [0.29, 0.717) is 11.8 Å². The second-order valence-corrected chi connectivity index (χ2v) is 6.37. The van der Waals surface area contributed by atoms with Gasteiger partial charge in [-0.05, 0) is 43.1 Å². The Balaban J connectivity index is 1.60. The van der Waals surface area contributed by atoms with Gasteiger partial charge in [0.25, 0.3) is 0 Å². The van der Waals surface area contributed by atoms with E-state index in [1.54, 1.807) is 0 Å². The molecule has 0 spiro atoms. The van der Waals surface area contributed by atoms with E-state index >= 15 is 0 Å². The fourth-order valence-corrected chi connectivity index (χ4v) is 3.05. The van der Waals surface area contributed by atoms with Crippen molar-refractivity contribution in [3.05, 3.63) is 83.1 Å². The molecule has 1 N–H and O–H groups in total. The highest BCUT2D eigenvalue weighted by molar-refractivity contribution is 6.30. The summed E-state index contributed by atoms with van der Waals surface area (Å²) in [4.78, 5) is 4.35. The fraction of sp³-hybridized carbons (Fsp3) is 0.227. The number of benzene rings is 2. The highest BCUT2D eigenvalue weighted by Gasteiger charge is 2.06. The molecule has 0 fully saturated rings. The molecule has 1 aromatic heterocycles. The highest BCUT2D eigenvalue weighted by atomic mass is 35.5. The predicted molar refractivity (Wildman–Crippen MR) is 108 cm³/mol. The molecule has 134 valence electrons. The van der Waals surface area contributed by atoms with Crippen LogP contribution in [0.3, 0.4) is 0 Å². The van der Waals surface area contributed by atoms with Crippen molar-refractivity contribution in [1.82, 2.24) is 10.3 Å². The Hall–Kier alpha value is -2.36. The molecule has 0 saturated heterocycles. The lowest BCUT2D eigenvalue weighted by Gasteiger charge is -2.11. The normalized spacial score (nSPS) is 10.7. The van der Waals surface area contributed by atoms with Gasteiger partial charge in [0.15, 0.2) is 0 Å². The molecule has 0 aliphatic carbocycles. The lowest BCUT2D eigenvalue weighted by molar-refractivity contribution is 0.335. The van der Waals surface area contributed by atoms with Gasteiger partial charge in [0.05, 0.1) is 6.61 Å². The molecule has 0 bridgehead atoms. The molecule has 3 nitrogen and oxygen atoms in total. The van der Waals surface area contributed by atoms with Crippen LogP contribution in [-0.2, 0) is 13.0 Å². The minimum Gasteiger partial charge on any atom is -0.494 e. The van der Waals surface area contributed by atoms with Gasteiger partial charge in [-0.1, -0.05) is 60.1 Å². The molecule has 2 aromatic carbocycles. The van der Waals surface area contributed by atoms with Crippen molar-refractivity contribution >= 4 is 11.6 Å². The highest BCUT2D eigenvalue weighted by Crippen LogP contribution is 2.23. The van der Waals surface area contributed by atoms with Crippen LogP contribution in [0.1, 0.15) is 18.1 Å². The summed E-state index contributed by atoms with van der Waals surface area (Å²) in [5.74, 6) is 0.938. The number of ether oxygens (including phenoxy) is 1. The van der Waals surface area contributed by atoms with Crippen LogP contribution in [-0.4, -0.2) is 18.1 Å². The van der Waals surface area contributed by atoms with Crippen LogP contribution in [0, 0.1) is 0 Å². The zero-order chi connectivity index (χ0) is 18.2. The molecule has 0 atom stereocenters. The van der Waals surface area contributed by atoms with Gasteiger partial charge < -0.3 is 10.1 Å². The van der Waals surface area contributed by atoms with E-state index in [0.717, 1.165) is 47.5 Å². The summed E-state index contributed by atoms with van der Waals surface area (Å²) in [6, 6.07) is 20.5. The largest absolute Gasteiger partial charge is 0.494 e. The third-order valence-electron chi connectivity index (χ3n) is 4.18. The molecule has 4 heteroatoms. The van der Waals surface area contributed by atoms with Crippen molar-refractivity contribution in [2.24, 2.45) is 0 Å². The Kier molecular flexibility index (Phi) is 6.64. The van der Waals surface area contributed by atoms with Crippen molar-refractivity contribution < 1.29 is 4.74 Å². The summed E-state index contributed by atoms with van der Waals surface area (Å²) in [7, 11) is 0. The average Bonchev–Trinajstić information content (AvgIpc) is 2.68. The molecule has 3 aromatic rings. The Morgan fingerprint density at radius 3 is 2.54 bits per heavy atom. The first-order valence-corrected chi connectivity index (χ1v) is 9.27. The molecule has 0 radical (unpaired) electrons. The number of hydrogen-bond donors (Lipinski definition) is 1. The van der Waals surface area contributed by atoms with Crippen LogP contribution in [0.2, 0.25) is 5.15 Å². The average molecular weight is 367 g/mol. The maximum Gasteiger partial charge on any atom is 0.132 e. The van der Waals surface area contributed by atoms with Crippen molar-refractivity contribution in [3.8, 4) is 16.9 Å². The summed E-state index contributed by atoms with van der Waals surface area (Å²) in [5.41, 5.74) is 4.46. The Bertz CT molecular complexity index is 837. The Morgan fingerprint density at radius 1 is 0.962 bits per heavy atom. The third-order valence-corrected chi connectivity index (χ3v) is 4.52. The van der Waals surface area contributed by atoms with Gasteiger partial charge >= 0.3 is 0 Å². The van der Waals surface area contributed by atoms with Crippen molar-refractivity contribution in [2.45, 2.75) is 19.9 Å². The number of nitrogens with one attached hydrogen (secondary N) is 1. The zero-order valence-electron chi connectivity index (χ0n) is 14.9. The molecule has 1 heterocycles. The summed E-state index contributed by atoms with van der Waals surface area (Å²) in [6.07, 6.45) is 2.65. The van der Waals surface area contributed by atoms with Crippen LogP contribution in [0.15, 0.2) is 66.9 Å². The molecular weight excluding hydrogens is 344 g/mol. The summed E-state index contributed by atoms with van der Waals surface area (Å²) >= 11 is 6.29. The number of pyridine rings is 1. The standard InChI is InChI=1S/C22H23ClN2O/c1-2-26-21-11-7-6-10-19(21)15-24-13-12-18-14-20(16-25-22(18)23)17-8-4-3-5-9-17/h3-11,14,16,24H,2,12-13,15H2,1H3. The second-order valence-electron chi connectivity index (χ2n) is 6.01. The molecular formula is C22H23ClN2O. The summed E-state index contributed by atoms with van der Waals surface area (Å²) in [5, 5.41) is 4.04. The van der Waals surface area contributed by atoms with Gasteiger partial charge in [-0.25, -0.2) is 4.98 Å². The maximum absolute atomic E-state index is 6.29. The Labute approximate surface area is 160 Å². The van der Waals surface area contributed by atoms with Gasteiger partial charge in [-0.3, -0.25) is 0 Å². The van der Waals surface area contributed by atoms with Crippen molar-refractivity contribution in [2.75, 3.05) is 13.2 Å². The molecule has 0 aliphatic rings. The van der Waals surface area contributed by atoms with Gasteiger partial charge in [0, 0.05) is 23.9 Å². The van der Waals surface area contributed by atoms with E-state index in [4.69, 9.17) is 16.3 Å². The quantitative estimate of drug-likeness (QED) is 0.443. The molecule has 3 rings (SSSR count). The van der Waals surface area contributed by atoms with E-state index in [2.05, 4.69) is 34.6 Å². The number of halogens is 1. The smallest absolute Gasteiger partial charge is 0.132 e. The van der Waals surface area contributed by atoms with Crippen LogP contribution in [0.5, 0.6) is 5.75 Å². The first-order chi connectivity index (χ1) is 12.8. The Morgan fingerprint density at radius 2 is 1.73 bits per heavy atom. The first-order valence-electron chi connectivity index (χ1n) is 8.89. The zero-order valence-corrected chi connectivity index (χ0v) is 15.7. The fourth-order valence-electron chi connectivity index (χ4n) is 2.85. The second kappa shape index (κ2) is 9.37. The monoisotopic (exact) mass is 366 g/mol. The van der Waals surface area contributed by atoms with Crippen molar-refractivity contribution in [3.63, 3.8) is 0 Å². The number of aromatic nitrogens is 1. The first kappa shape index (κ1) is 18.4. The molecule has 0 aliphatic heterocycles. The maximum atomic E-state index is 6.29. The van der Waals surface area contributed by atoms with Crippen molar-refractivity contribution in [1.29, 1.82) is 0 Å². The summed E-state index contributed by atoms with van der Waals surface area (Å²) in [6.45, 7) is 4.25. The van der Waals surface area contributed by atoms with Gasteiger partial charge in [0.1, 0.15) is 10.9 Å². The number of rotatable bonds is 8. The van der Waals surface area contributed by atoms with E-state index in [-0.39, 0.29) is 0 Å². The van der Waals surface area contributed by atoms with Gasteiger partial charge in [0.2, 0.25) is 0 Å². The lowest BCUT2D eigenvalue weighted by Crippen LogP contribution is -2.17. The van der Waals surface area contributed by atoms with Crippen LogP contribution in [0.25, 0.3) is 11.1 Å². The van der Waals surface area contributed by atoms with Crippen LogP contribution in [0.4, 0.5) is 0 Å². The molecule has 0 saturated carbocycles. The predicted octanol–water partition coefficient (Wildman–Crippen LogP) is 5.13. The van der Waals surface area contributed by atoms with E-state index in [1.165, 1.54) is 0 Å². The third kappa shape index (κ3) is 4.84. The van der Waals surface area contributed by atoms with Gasteiger partial charge in [-0.15, -0.1) is 0 Å². The lowest BCUT2D eigenvalue weighted by atomic mass is 10.0. The number of hydrogen-bond acceptors (Lipinski definition) is 3.